The molecule has 1 nitrogen and oxygen atoms in total. The molecule has 0 amide bonds. The van der Waals surface area contributed by atoms with E-state index in [1.807, 2.05) is 0 Å². The highest BCUT2D eigenvalue weighted by atomic mass is 19.4. The molecule has 0 aliphatic rings. The van der Waals surface area contributed by atoms with Crippen molar-refractivity contribution in [3.63, 3.8) is 0 Å². The van der Waals surface area contributed by atoms with Crippen LogP contribution in [0.3, 0.4) is 0 Å². The molecule has 0 bridgehead atoms. The minimum Gasteiger partial charge on any atom is -0.351 e. The van der Waals surface area contributed by atoms with E-state index < -0.39 is 17.7 Å². The summed E-state index contributed by atoms with van der Waals surface area (Å²) < 4.78 is 49.2. The van der Waals surface area contributed by atoms with E-state index in [0.717, 1.165) is 18.2 Å². The van der Waals surface area contributed by atoms with Crippen LogP contribution in [0.2, 0.25) is 0 Å². The van der Waals surface area contributed by atoms with Crippen LogP contribution in [-0.4, -0.2) is 4.98 Å². The van der Waals surface area contributed by atoms with Crippen molar-refractivity contribution in [2.45, 2.75) is 6.18 Å². The molecule has 1 aromatic carbocycles. The number of aromatic amines is 1. The van der Waals surface area contributed by atoms with Gasteiger partial charge in [-0.1, -0.05) is 0 Å². The lowest BCUT2D eigenvalue weighted by Gasteiger charge is -2.00. The fraction of sp³-hybridized carbons (Fsp3) is 0.111. The zero-order valence-corrected chi connectivity index (χ0v) is 6.82. The summed E-state index contributed by atoms with van der Waals surface area (Å²) in [6, 6.07) is 4.41. The van der Waals surface area contributed by atoms with Crippen molar-refractivity contribution in [1.82, 2.24) is 4.98 Å². The zero-order valence-electron chi connectivity index (χ0n) is 6.82. The fourth-order valence-electron chi connectivity index (χ4n) is 1.25. The van der Waals surface area contributed by atoms with Crippen LogP contribution in [0.15, 0.2) is 24.3 Å². The summed E-state index contributed by atoms with van der Waals surface area (Å²) >= 11 is 0. The number of rotatable bonds is 0. The average Bonchev–Trinajstić information content (AvgIpc) is 2.45. The highest BCUT2D eigenvalue weighted by Crippen LogP contribution is 2.31. The van der Waals surface area contributed by atoms with Crippen LogP contribution >= 0.6 is 0 Å². The molecule has 0 spiro atoms. The van der Waals surface area contributed by atoms with Crippen molar-refractivity contribution in [3.05, 3.63) is 35.8 Å². The largest absolute Gasteiger partial charge is 0.431 e. The molecule has 1 N–H and O–H groups in total. The van der Waals surface area contributed by atoms with Gasteiger partial charge in [-0.3, -0.25) is 0 Å². The third-order valence-corrected chi connectivity index (χ3v) is 1.89. The maximum absolute atomic E-state index is 12.6. The molecule has 0 atom stereocenters. The molecule has 0 radical (unpaired) electrons. The number of nitrogens with one attached hydrogen (secondary N) is 1. The van der Waals surface area contributed by atoms with Gasteiger partial charge in [-0.25, -0.2) is 4.39 Å². The number of hydrogen-bond acceptors (Lipinski definition) is 0. The number of fused-ring (bicyclic) bond motifs is 1. The van der Waals surface area contributed by atoms with Crippen LogP contribution in [-0.2, 0) is 6.18 Å². The Morgan fingerprint density at radius 3 is 2.43 bits per heavy atom. The second-order valence-electron chi connectivity index (χ2n) is 2.91. The van der Waals surface area contributed by atoms with Gasteiger partial charge in [0, 0.05) is 10.9 Å². The molecule has 74 valence electrons. The lowest BCUT2D eigenvalue weighted by Crippen LogP contribution is -2.04. The smallest absolute Gasteiger partial charge is 0.351 e. The summed E-state index contributed by atoms with van der Waals surface area (Å²) in [7, 11) is 0. The molecule has 1 heterocycles. The van der Waals surface area contributed by atoms with E-state index in [4.69, 9.17) is 0 Å². The van der Waals surface area contributed by atoms with Gasteiger partial charge in [-0.2, -0.15) is 13.2 Å². The topological polar surface area (TPSA) is 15.8 Å². The molecule has 2 aromatic rings. The van der Waals surface area contributed by atoms with Gasteiger partial charge in [0.1, 0.15) is 11.5 Å². The summed E-state index contributed by atoms with van der Waals surface area (Å²) in [6.45, 7) is 0. The van der Waals surface area contributed by atoms with Crippen LogP contribution in [0, 0.1) is 5.82 Å². The lowest BCUT2D eigenvalue weighted by molar-refractivity contribution is -0.140. The first kappa shape index (κ1) is 9.05. The second kappa shape index (κ2) is 2.73. The SMILES string of the molecule is Fc1ccc2cc(C(F)(F)F)[nH]c2c1. The Morgan fingerprint density at radius 2 is 1.79 bits per heavy atom. The van der Waals surface area contributed by atoms with Gasteiger partial charge in [0.15, 0.2) is 0 Å². The van der Waals surface area contributed by atoms with Gasteiger partial charge < -0.3 is 4.98 Å². The Bertz CT molecular complexity index is 469. The van der Waals surface area contributed by atoms with Crippen molar-refractivity contribution in [1.29, 1.82) is 0 Å². The number of aromatic nitrogens is 1. The van der Waals surface area contributed by atoms with Crippen molar-refractivity contribution in [2.75, 3.05) is 0 Å². The Balaban J connectivity index is 2.63. The Morgan fingerprint density at radius 1 is 1.07 bits per heavy atom. The summed E-state index contributed by atoms with van der Waals surface area (Å²) in [4.78, 5) is 2.11. The van der Waals surface area contributed by atoms with Crippen LogP contribution in [0.5, 0.6) is 0 Å². The molecule has 14 heavy (non-hydrogen) atoms. The van der Waals surface area contributed by atoms with Crippen LogP contribution in [0.4, 0.5) is 17.6 Å². The molecule has 0 aliphatic carbocycles. The van der Waals surface area contributed by atoms with Crippen LogP contribution in [0.25, 0.3) is 10.9 Å². The molecular weight excluding hydrogens is 198 g/mol. The van der Waals surface area contributed by atoms with E-state index in [2.05, 4.69) is 4.98 Å². The molecule has 0 fully saturated rings. The van der Waals surface area contributed by atoms with Gasteiger partial charge in [-0.05, 0) is 24.3 Å². The molecule has 1 aromatic heterocycles. The molecule has 5 heteroatoms. The number of alkyl halides is 3. The highest BCUT2D eigenvalue weighted by Gasteiger charge is 2.32. The monoisotopic (exact) mass is 203 g/mol. The molecule has 0 unspecified atom stereocenters. The lowest BCUT2D eigenvalue weighted by atomic mass is 10.2. The quantitative estimate of drug-likeness (QED) is 0.632. The van der Waals surface area contributed by atoms with E-state index >= 15 is 0 Å². The average molecular weight is 203 g/mol. The van der Waals surface area contributed by atoms with E-state index in [0.29, 0.717) is 5.39 Å². The van der Waals surface area contributed by atoms with E-state index in [1.165, 1.54) is 6.07 Å². The maximum atomic E-state index is 12.6. The van der Waals surface area contributed by atoms with Crippen LogP contribution in [0.1, 0.15) is 5.69 Å². The summed E-state index contributed by atoms with van der Waals surface area (Å²) in [5, 5.41) is 0.346. The fourth-order valence-corrected chi connectivity index (χ4v) is 1.25. The van der Waals surface area contributed by atoms with E-state index in [9.17, 15) is 17.6 Å². The molecule has 0 saturated heterocycles. The normalized spacial score (nSPS) is 12.3. The number of halogens is 4. The first-order valence-corrected chi connectivity index (χ1v) is 3.82. The van der Waals surface area contributed by atoms with Crippen molar-refractivity contribution >= 4 is 10.9 Å². The number of H-pyrrole nitrogens is 1. The predicted octanol–water partition coefficient (Wildman–Crippen LogP) is 3.33. The van der Waals surface area contributed by atoms with E-state index in [-0.39, 0.29) is 5.52 Å². The van der Waals surface area contributed by atoms with Gasteiger partial charge in [0.2, 0.25) is 0 Å². The Labute approximate surface area is 76.3 Å². The highest BCUT2D eigenvalue weighted by molar-refractivity contribution is 5.80. The zero-order chi connectivity index (χ0) is 10.3. The van der Waals surface area contributed by atoms with Gasteiger partial charge in [0.05, 0.1) is 0 Å². The standard InChI is InChI=1S/C9H5F4N/c10-6-2-1-5-3-8(9(11,12)13)14-7(5)4-6/h1-4,14H. The second-order valence-corrected chi connectivity index (χ2v) is 2.91. The van der Waals surface area contributed by atoms with Crippen molar-refractivity contribution in [3.8, 4) is 0 Å². The van der Waals surface area contributed by atoms with Gasteiger partial charge in [0.25, 0.3) is 0 Å². The summed E-state index contributed by atoms with van der Waals surface area (Å²) in [5.74, 6) is -0.562. The number of benzene rings is 1. The van der Waals surface area contributed by atoms with Gasteiger partial charge in [-0.15, -0.1) is 0 Å². The van der Waals surface area contributed by atoms with Crippen LogP contribution < -0.4 is 0 Å². The summed E-state index contributed by atoms with van der Waals surface area (Å²) in [5.41, 5.74) is -0.713. The molecular formula is C9H5F4N. The third kappa shape index (κ3) is 1.45. The van der Waals surface area contributed by atoms with Crippen molar-refractivity contribution < 1.29 is 17.6 Å². The van der Waals surface area contributed by atoms with Crippen molar-refractivity contribution in [2.24, 2.45) is 0 Å². The minimum absolute atomic E-state index is 0.150. The predicted molar refractivity (Wildman–Crippen MR) is 43.3 cm³/mol. The first-order valence-electron chi connectivity index (χ1n) is 3.82. The Kier molecular flexibility index (Phi) is 1.77. The van der Waals surface area contributed by atoms with E-state index in [1.54, 1.807) is 0 Å². The number of hydrogen-bond donors (Lipinski definition) is 1. The molecule has 0 aliphatic heterocycles. The molecule has 0 saturated carbocycles. The maximum Gasteiger partial charge on any atom is 0.431 e. The first-order chi connectivity index (χ1) is 6.47. The Hall–Kier alpha value is -1.52. The minimum atomic E-state index is -4.42. The molecule has 2 rings (SSSR count). The van der Waals surface area contributed by atoms with Gasteiger partial charge >= 0.3 is 6.18 Å². The summed E-state index contributed by atoms with van der Waals surface area (Å²) in [6.07, 6.45) is -4.42. The third-order valence-electron chi connectivity index (χ3n) is 1.89.